The van der Waals surface area contributed by atoms with E-state index in [1.54, 1.807) is 18.2 Å². The van der Waals surface area contributed by atoms with Gasteiger partial charge in [-0.3, -0.25) is 13.9 Å². The summed E-state index contributed by atoms with van der Waals surface area (Å²) < 4.78 is 34.0. The fourth-order valence-corrected chi connectivity index (χ4v) is 5.90. The average molecular weight is 572 g/mol. The second-order valence-electron chi connectivity index (χ2n) is 9.00. The van der Waals surface area contributed by atoms with Crippen LogP contribution in [0.25, 0.3) is 0 Å². The molecule has 0 bridgehead atoms. The molecule has 0 fully saturated rings. The Morgan fingerprint density at radius 3 is 2.26 bits per heavy atom. The summed E-state index contributed by atoms with van der Waals surface area (Å²) in [5.41, 5.74) is 2.09. The van der Waals surface area contributed by atoms with Gasteiger partial charge >= 0.3 is 0 Å². The largest absolute Gasteiger partial charge is 0.495 e. The highest BCUT2D eigenvalue weighted by Crippen LogP contribution is 2.32. The summed E-state index contributed by atoms with van der Waals surface area (Å²) in [6, 6.07) is 19.7. The van der Waals surface area contributed by atoms with Crippen molar-refractivity contribution in [2.45, 2.75) is 37.6 Å². The number of ether oxygens (including phenoxy) is 1. The van der Waals surface area contributed by atoms with Crippen LogP contribution in [0.1, 0.15) is 24.5 Å². The van der Waals surface area contributed by atoms with Crippen molar-refractivity contribution >= 4 is 39.1 Å². The minimum atomic E-state index is -4.18. The number of carbonyl (C=O) groups is 2. The summed E-state index contributed by atoms with van der Waals surface area (Å²) in [5, 5.41) is 2.82. The third-order valence-corrected chi connectivity index (χ3v) is 8.51. The van der Waals surface area contributed by atoms with Crippen LogP contribution < -0.4 is 14.4 Å². The number of nitrogens with one attached hydrogen (secondary N) is 1. The number of hydrogen-bond donors (Lipinski definition) is 1. The van der Waals surface area contributed by atoms with Crippen molar-refractivity contribution in [1.82, 2.24) is 10.2 Å². The zero-order chi connectivity index (χ0) is 28.6. The van der Waals surface area contributed by atoms with Crippen LogP contribution in [-0.4, -0.2) is 58.4 Å². The predicted octanol–water partition coefficient (Wildman–Crippen LogP) is 4.45. The molecule has 0 aliphatic rings. The van der Waals surface area contributed by atoms with Crippen molar-refractivity contribution in [2.24, 2.45) is 0 Å². The first-order valence-corrected chi connectivity index (χ1v) is 14.4. The molecule has 1 atom stereocenters. The van der Waals surface area contributed by atoms with Gasteiger partial charge in [-0.2, -0.15) is 0 Å². The van der Waals surface area contributed by atoms with Crippen molar-refractivity contribution in [2.75, 3.05) is 31.6 Å². The van der Waals surface area contributed by atoms with Gasteiger partial charge in [0.15, 0.2) is 0 Å². The van der Waals surface area contributed by atoms with E-state index < -0.39 is 28.5 Å². The Balaban J connectivity index is 2.04. The topological polar surface area (TPSA) is 96.0 Å². The molecule has 0 radical (unpaired) electrons. The molecule has 3 aromatic rings. The number of likely N-dealkylation sites (N-methyl/N-ethyl adjacent to an activating group) is 1. The van der Waals surface area contributed by atoms with Crippen LogP contribution in [0.4, 0.5) is 5.69 Å². The van der Waals surface area contributed by atoms with E-state index in [1.807, 2.05) is 44.2 Å². The molecule has 0 heterocycles. The van der Waals surface area contributed by atoms with Crippen LogP contribution in [0, 0.1) is 6.92 Å². The minimum absolute atomic E-state index is 0.0296. The molecule has 1 unspecified atom stereocenters. The highest BCUT2D eigenvalue weighted by Gasteiger charge is 2.33. The van der Waals surface area contributed by atoms with Crippen LogP contribution in [0.15, 0.2) is 77.7 Å². The fourth-order valence-electron chi connectivity index (χ4n) is 4.24. The molecule has 0 aromatic heterocycles. The minimum Gasteiger partial charge on any atom is -0.495 e. The first-order chi connectivity index (χ1) is 18.6. The van der Waals surface area contributed by atoms with Gasteiger partial charge in [0.25, 0.3) is 10.0 Å². The SMILES string of the molecule is CCC(C(=O)NC)N(CCc1ccccc1)C(=O)CN(c1ccc(OC)c(Cl)c1)S(=O)(=O)c1ccc(C)cc1. The molecular weight excluding hydrogens is 538 g/mol. The maximum Gasteiger partial charge on any atom is 0.264 e. The molecule has 1 N–H and O–H groups in total. The molecule has 0 aliphatic carbocycles. The lowest BCUT2D eigenvalue weighted by Gasteiger charge is -2.33. The monoisotopic (exact) mass is 571 g/mol. The van der Waals surface area contributed by atoms with Crippen LogP contribution in [0.2, 0.25) is 5.02 Å². The second-order valence-corrected chi connectivity index (χ2v) is 11.3. The van der Waals surface area contributed by atoms with Crippen LogP contribution in [0.5, 0.6) is 5.75 Å². The van der Waals surface area contributed by atoms with E-state index in [4.69, 9.17) is 16.3 Å². The first-order valence-electron chi connectivity index (χ1n) is 12.6. The third-order valence-electron chi connectivity index (χ3n) is 6.43. The molecule has 208 valence electrons. The van der Waals surface area contributed by atoms with E-state index in [9.17, 15) is 18.0 Å². The van der Waals surface area contributed by atoms with Crippen LogP contribution >= 0.6 is 11.6 Å². The zero-order valence-corrected chi connectivity index (χ0v) is 24.1. The molecule has 0 saturated carbocycles. The van der Waals surface area contributed by atoms with Crippen LogP contribution in [-0.2, 0) is 26.0 Å². The Kier molecular flexibility index (Phi) is 10.4. The number of halogens is 1. The summed E-state index contributed by atoms with van der Waals surface area (Å²) >= 11 is 6.35. The van der Waals surface area contributed by atoms with E-state index in [0.717, 1.165) is 15.4 Å². The number of rotatable bonds is 12. The summed E-state index contributed by atoms with van der Waals surface area (Å²) in [7, 11) is -1.21. The molecule has 39 heavy (non-hydrogen) atoms. The number of methoxy groups -OCH3 is 1. The predicted molar refractivity (Wildman–Crippen MR) is 154 cm³/mol. The van der Waals surface area contributed by atoms with Gasteiger partial charge in [0.1, 0.15) is 18.3 Å². The zero-order valence-electron chi connectivity index (χ0n) is 22.6. The molecule has 10 heteroatoms. The number of carbonyl (C=O) groups excluding carboxylic acids is 2. The van der Waals surface area contributed by atoms with Gasteiger partial charge < -0.3 is 15.0 Å². The van der Waals surface area contributed by atoms with Crippen molar-refractivity contribution in [3.8, 4) is 5.75 Å². The van der Waals surface area contributed by atoms with Crippen LogP contribution in [0.3, 0.4) is 0 Å². The maximum atomic E-state index is 13.9. The quantitative estimate of drug-likeness (QED) is 0.346. The summed E-state index contributed by atoms with van der Waals surface area (Å²) in [4.78, 5) is 28.1. The number of benzene rings is 3. The standard InChI is InChI=1S/C29H34ClN3O5S/c1-5-26(29(35)31-3)32(18-17-22-9-7-6-8-10-22)28(34)20-33(23-13-16-27(38-4)25(30)19-23)39(36,37)24-14-11-21(2)12-15-24/h6-16,19,26H,5,17-18,20H2,1-4H3,(H,31,35). The molecule has 3 rings (SSSR count). The Morgan fingerprint density at radius 2 is 1.69 bits per heavy atom. The maximum absolute atomic E-state index is 13.9. The summed E-state index contributed by atoms with van der Waals surface area (Å²) in [6.07, 6.45) is 0.860. The smallest absolute Gasteiger partial charge is 0.264 e. The van der Waals surface area contributed by atoms with Gasteiger partial charge in [-0.15, -0.1) is 0 Å². The van der Waals surface area contributed by atoms with E-state index in [0.29, 0.717) is 18.6 Å². The fraction of sp³-hybridized carbons (Fsp3) is 0.310. The lowest BCUT2D eigenvalue weighted by atomic mass is 10.1. The van der Waals surface area contributed by atoms with Crippen molar-refractivity contribution in [3.05, 3.63) is 88.9 Å². The molecule has 0 aliphatic heterocycles. The number of aryl methyl sites for hydroxylation is 1. The second kappa shape index (κ2) is 13.5. The lowest BCUT2D eigenvalue weighted by Crippen LogP contribution is -2.52. The van der Waals surface area contributed by atoms with Crippen molar-refractivity contribution in [3.63, 3.8) is 0 Å². The third kappa shape index (κ3) is 7.30. The number of sulfonamides is 1. The molecule has 0 spiro atoms. The Morgan fingerprint density at radius 1 is 1.03 bits per heavy atom. The van der Waals surface area contributed by atoms with Gasteiger partial charge in [-0.1, -0.05) is 66.6 Å². The van der Waals surface area contributed by atoms with Gasteiger partial charge in [0.05, 0.1) is 22.7 Å². The number of amides is 2. The van der Waals surface area contributed by atoms with E-state index in [1.165, 1.54) is 43.3 Å². The highest BCUT2D eigenvalue weighted by atomic mass is 35.5. The molecule has 0 saturated heterocycles. The Labute approximate surface area is 235 Å². The molecule has 2 amide bonds. The molecule has 3 aromatic carbocycles. The highest BCUT2D eigenvalue weighted by molar-refractivity contribution is 7.92. The normalized spacial score (nSPS) is 11.9. The van der Waals surface area contributed by atoms with Gasteiger partial charge in [-0.05, 0) is 55.7 Å². The van der Waals surface area contributed by atoms with Gasteiger partial charge in [-0.25, -0.2) is 8.42 Å². The van der Waals surface area contributed by atoms with E-state index >= 15 is 0 Å². The number of hydrogen-bond acceptors (Lipinski definition) is 5. The Hall–Kier alpha value is -3.56. The molecule has 8 nitrogen and oxygen atoms in total. The molecular formula is C29H34ClN3O5S. The number of nitrogens with zero attached hydrogens (tertiary/aromatic N) is 2. The Bertz CT molecular complexity index is 1380. The van der Waals surface area contributed by atoms with Gasteiger partial charge in [0, 0.05) is 13.6 Å². The van der Waals surface area contributed by atoms with E-state index in [-0.39, 0.29) is 28.1 Å². The summed E-state index contributed by atoms with van der Waals surface area (Å²) in [6.45, 7) is 3.37. The van der Waals surface area contributed by atoms with E-state index in [2.05, 4.69) is 5.32 Å². The first kappa shape index (κ1) is 30.0. The van der Waals surface area contributed by atoms with Crippen molar-refractivity contribution in [1.29, 1.82) is 0 Å². The summed E-state index contributed by atoms with van der Waals surface area (Å²) in [5.74, 6) is -0.460. The number of anilines is 1. The van der Waals surface area contributed by atoms with Crippen molar-refractivity contribution < 1.29 is 22.7 Å². The van der Waals surface area contributed by atoms with Gasteiger partial charge in [0.2, 0.25) is 11.8 Å². The average Bonchev–Trinajstić information content (AvgIpc) is 2.94. The lowest BCUT2D eigenvalue weighted by molar-refractivity contribution is -0.139.